The van der Waals surface area contributed by atoms with Gasteiger partial charge in [-0.25, -0.2) is 4.79 Å². The van der Waals surface area contributed by atoms with Crippen molar-refractivity contribution in [3.63, 3.8) is 0 Å². The van der Waals surface area contributed by atoms with Crippen LogP contribution in [0.15, 0.2) is 46.5 Å². The van der Waals surface area contributed by atoms with Crippen molar-refractivity contribution in [2.24, 2.45) is 0 Å². The number of hydrogen-bond acceptors (Lipinski definition) is 3. The summed E-state index contributed by atoms with van der Waals surface area (Å²) in [5, 5.41) is 0. The molecule has 0 saturated heterocycles. The zero-order chi connectivity index (χ0) is 20.0. The molecule has 0 aliphatic carbocycles. The molecule has 27 heavy (non-hydrogen) atoms. The van der Waals surface area contributed by atoms with Crippen LogP contribution in [0.2, 0.25) is 19.6 Å². The third kappa shape index (κ3) is 5.95. The molecule has 1 aromatic heterocycles. The van der Waals surface area contributed by atoms with Crippen LogP contribution in [0, 0.1) is 18.4 Å². The summed E-state index contributed by atoms with van der Waals surface area (Å²) in [7, 11) is -1.46. The Balaban J connectivity index is 2.41. The first-order chi connectivity index (χ1) is 12.7. The Morgan fingerprint density at radius 2 is 2.04 bits per heavy atom. The standard InChI is InChI=1S/C21H26N2O3Si/c1-6-11-26-15-23-19(16(2)20(24)22-21(23)25)14-18-9-7-8-17(13-18)10-12-27(3,4)5/h6-9,13H,1,11,14-15H2,2-5H3,(H,22,24,25). The van der Waals surface area contributed by atoms with Crippen molar-refractivity contribution in [2.75, 3.05) is 6.61 Å². The summed E-state index contributed by atoms with van der Waals surface area (Å²) in [6.45, 7) is 12.3. The third-order valence-corrected chi connectivity index (χ3v) is 4.78. The fourth-order valence-electron chi connectivity index (χ4n) is 2.52. The topological polar surface area (TPSA) is 64.1 Å². The maximum atomic E-state index is 12.3. The lowest BCUT2D eigenvalue weighted by Gasteiger charge is -2.14. The van der Waals surface area contributed by atoms with Crippen molar-refractivity contribution in [2.45, 2.75) is 39.7 Å². The zero-order valence-corrected chi connectivity index (χ0v) is 17.4. The number of rotatable bonds is 6. The van der Waals surface area contributed by atoms with Gasteiger partial charge >= 0.3 is 5.69 Å². The van der Waals surface area contributed by atoms with Gasteiger partial charge in [0.05, 0.1) is 6.61 Å². The van der Waals surface area contributed by atoms with Crippen LogP contribution in [0.4, 0.5) is 0 Å². The zero-order valence-electron chi connectivity index (χ0n) is 16.4. The van der Waals surface area contributed by atoms with Crippen LogP contribution in [0.5, 0.6) is 0 Å². The molecular weight excluding hydrogens is 356 g/mol. The van der Waals surface area contributed by atoms with E-state index < -0.39 is 13.8 Å². The minimum absolute atomic E-state index is 0.0624. The number of nitrogens with zero attached hydrogens (tertiary/aromatic N) is 1. The summed E-state index contributed by atoms with van der Waals surface area (Å²) < 4.78 is 6.89. The van der Waals surface area contributed by atoms with E-state index in [0.717, 1.165) is 11.1 Å². The first-order valence-corrected chi connectivity index (χ1v) is 12.3. The molecule has 0 unspecified atom stereocenters. The second kappa shape index (κ2) is 8.85. The van der Waals surface area contributed by atoms with E-state index in [2.05, 4.69) is 42.7 Å². The van der Waals surface area contributed by atoms with Crippen LogP contribution < -0.4 is 11.2 Å². The van der Waals surface area contributed by atoms with Gasteiger partial charge in [-0.15, -0.1) is 12.1 Å². The highest BCUT2D eigenvalue weighted by Gasteiger charge is 2.13. The molecule has 0 fully saturated rings. The van der Waals surface area contributed by atoms with E-state index in [1.807, 2.05) is 24.3 Å². The molecule has 1 heterocycles. The lowest BCUT2D eigenvalue weighted by molar-refractivity contribution is 0.0943. The van der Waals surface area contributed by atoms with Crippen molar-refractivity contribution >= 4 is 8.07 Å². The normalized spacial score (nSPS) is 11.0. The fraction of sp³-hybridized carbons (Fsp3) is 0.333. The molecule has 1 aromatic carbocycles. The van der Waals surface area contributed by atoms with Crippen molar-refractivity contribution < 1.29 is 4.74 Å². The van der Waals surface area contributed by atoms with Gasteiger partial charge in [0.25, 0.3) is 5.56 Å². The van der Waals surface area contributed by atoms with Crippen LogP contribution in [-0.4, -0.2) is 24.2 Å². The summed E-state index contributed by atoms with van der Waals surface area (Å²) in [5.41, 5.74) is 5.59. The highest BCUT2D eigenvalue weighted by Crippen LogP contribution is 2.12. The van der Waals surface area contributed by atoms with Crippen LogP contribution in [0.3, 0.4) is 0 Å². The van der Waals surface area contributed by atoms with Crippen molar-refractivity contribution in [3.8, 4) is 11.5 Å². The average molecular weight is 383 g/mol. The lowest BCUT2D eigenvalue weighted by Crippen LogP contribution is -2.35. The summed E-state index contributed by atoms with van der Waals surface area (Å²) in [6, 6.07) is 7.90. The molecule has 6 heteroatoms. The molecule has 0 bridgehead atoms. The molecule has 0 radical (unpaired) electrons. The smallest absolute Gasteiger partial charge is 0.330 e. The Morgan fingerprint density at radius 1 is 1.30 bits per heavy atom. The van der Waals surface area contributed by atoms with Gasteiger partial charge in [0.15, 0.2) is 0 Å². The molecule has 0 aliphatic rings. The van der Waals surface area contributed by atoms with Crippen LogP contribution in [0.1, 0.15) is 22.4 Å². The third-order valence-electron chi connectivity index (χ3n) is 3.90. The Kier molecular flexibility index (Phi) is 6.78. The Morgan fingerprint density at radius 3 is 2.70 bits per heavy atom. The molecule has 142 valence electrons. The highest BCUT2D eigenvalue weighted by molar-refractivity contribution is 6.83. The van der Waals surface area contributed by atoms with E-state index in [0.29, 0.717) is 24.3 Å². The molecule has 0 spiro atoms. The van der Waals surface area contributed by atoms with Crippen molar-refractivity contribution in [1.82, 2.24) is 9.55 Å². The number of hydrogen-bond donors (Lipinski definition) is 1. The van der Waals surface area contributed by atoms with Gasteiger partial charge in [0.1, 0.15) is 14.8 Å². The summed E-state index contributed by atoms with van der Waals surface area (Å²) >= 11 is 0. The minimum Gasteiger partial charge on any atom is -0.357 e. The molecular formula is C21H26N2O3Si. The maximum absolute atomic E-state index is 12.3. The summed E-state index contributed by atoms with van der Waals surface area (Å²) in [5.74, 6) is 3.24. The first-order valence-electron chi connectivity index (χ1n) is 8.84. The van der Waals surface area contributed by atoms with Crippen molar-refractivity contribution in [3.05, 3.63) is 80.1 Å². The van der Waals surface area contributed by atoms with E-state index in [1.54, 1.807) is 13.0 Å². The van der Waals surface area contributed by atoms with Crippen LogP contribution in [0.25, 0.3) is 0 Å². The average Bonchev–Trinajstić information content (AvgIpc) is 2.60. The summed E-state index contributed by atoms with van der Waals surface area (Å²) in [6.07, 6.45) is 2.06. The first kappa shape index (κ1) is 20.7. The lowest BCUT2D eigenvalue weighted by atomic mass is 10.0. The van der Waals surface area contributed by atoms with Gasteiger partial charge in [-0.1, -0.05) is 43.8 Å². The van der Waals surface area contributed by atoms with Gasteiger partial charge in [-0.2, -0.15) is 0 Å². The van der Waals surface area contributed by atoms with Crippen LogP contribution >= 0.6 is 0 Å². The molecule has 2 aromatic rings. The molecule has 0 amide bonds. The van der Waals surface area contributed by atoms with E-state index in [-0.39, 0.29) is 12.3 Å². The number of benzene rings is 1. The Bertz CT molecular complexity index is 1000. The fourth-order valence-corrected chi connectivity index (χ4v) is 3.04. The van der Waals surface area contributed by atoms with Gasteiger partial charge < -0.3 is 4.74 Å². The number of aromatic nitrogens is 2. The molecule has 0 aliphatic heterocycles. The Labute approximate surface area is 160 Å². The number of aromatic amines is 1. The SMILES string of the molecule is C=CCOCn1c(Cc2cccc(C#C[Si](C)(C)C)c2)c(C)c(=O)[nH]c1=O. The second-order valence-electron chi connectivity index (χ2n) is 7.42. The maximum Gasteiger partial charge on any atom is 0.330 e. The molecule has 2 rings (SSSR count). The molecule has 5 nitrogen and oxygen atoms in total. The number of nitrogens with one attached hydrogen (secondary N) is 1. The number of ether oxygens (including phenoxy) is 1. The quantitative estimate of drug-likeness (QED) is 0.362. The van der Waals surface area contributed by atoms with Crippen molar-refractivity contribution in [1.29, 1.82) is 0 Å². The Hall–Kier alpha value is -2.62. The molecule has 0 atom stereocenters. The van der Waals surface area contributed by atoms with E-state index in [4.69, 9.17) is 4.74 Å². The number of H-pyrrole nitrogens is 1. The van der Waals surface area contributed by atoms with E-state index >= 15 is 0 Å². The minimum atomic E-state index is -1.46. The largest absolute Gasteiger partial charge is 0.357 e. The van der Waals surface area contributed by atoms with Crippen LogP contribution in [-0.2, 0) is 17.9 Å². The van der Waals surface area contributed by atoms with Gasteiger partial charge in [0, 0.05) is 23.2 Å². The van der Waals surface area contributed by atoms with Gasteiger partial charge in [-0.05, 0) is 24.6 Å². The summed E-state index contributed by atoms with van der Waals surface area (Å²) in [4.78, 5) is 26.7. The van der Waals surface area contributed by atoms with Gasteiger partial charge in [-0.3, -0.25) is 14.3 Å². The highest BCUT2D eigenvalue weighted by atomic mass is 28.3. The predicted molar refractivity (Wildman–Crippen MR) is 112 cm³/mol. The molecule has 0 saturated carbocycles. The second-order valence-corrected chi connectivity index (χ2v) is 12.2. The molecule has 1 N–H and O–H groups in total. The predicted octanol–water partition coefficient (Wildman–Crippen LogP) is 2.82. The van der Waals surface area contributed by atoms with E-state index in [9.17, 15) is 9.59 Å². The van der Waals surface area contributed by atoms with E-state index in [1.165, 1.54) is 4.57 Å². The van der Waals surface area contributed by atoms with Gasteiger partial charge in [0.2, 0.25) is 0 Å². The monoisotopic (exact) mass is 382 g/mol.